The molecule has 0 spiro atoms. The van der Waals surface area contributed by atoms with Crippen molar-refractivity contribution in [3.05, 3.63) is 11.1 Å². The zero-order valence-electron chi connectivity index (χ0n) is 10.9. The van der Waals surface area contributed by atoms with Gasteiger partial charge in [-0.25, -0.2) is 4.98 Å². The number of anilines is 1. The number of fused-ring (bicyclic) bond motifs is 1. The van der Waals surface area contributed by atoms with E-state index in [0.29, 0.717) is 17.8 Å². The molecule has 19 heavy (non-hydrogen) atoms. The Morgan fingerprint density at radius 3 is 3.11 bits per heavy atom. The third-order valence-corrected chi connectivity index (χ3v) is 5.55. The van der Waals surface area contributed by atoms with E-state index in [2.05, 4.69) is 21.0 Å². The Balaban J connectivity index is 1.42. The minimum atomic E-state index is 0.000718. The van der Waals surface area contributed by atoms with Crippen LogP contribution in [0.25, 0.3) is 0 Å². The molecule has 1 aromatic heterocycles. The highest BCUT2D eigenvalue weighted by molar-refractivity contribution is 7.13. The van der Waals surface area contributed by atoms with Crippen molar-refractivity contribution in [2.75, 3.05) is 11.9 Å². The van der Waals surface area contributed by atoms with Crippen molar-refractivity contribution in [3.8, 4) is 0 Å². The van der Waals surface area contributed by atoms with E-state index < -0.39 is 0 Å². The Hall–Kier alpha value is -0.940. The Morgan fingerprint density at radius 2 is 2.26 bits per heavy atom. The van der Waals surface area contributed by atoms with E-state index >= 15 is 0 Å². The molecule has 4 nitrogen and oxygen atoms in total. The molecule has 2 aliphatic carbocycles. The van der Waals surface area contributed by atoms with Gasteiger partial charge in [-0.3, -0.25) is 4.79 Å². The van der Waals surface area contributed by atoms with Crippen LogP contribution in [0.3, 0.4) is 0 Å². The lowest BCUT2D eigenvalue weighted by Gasteiger charge is -2.16. The number of rotatable bonds is 3. The number of aromatic nitrogens is 1. The lowest BCUT2D eigenvalue weighted by Crippen LogP contribution is -2.39. The van der Waals surface area contributed by atoms with Crippen LogP contribution in [0, 0.1) is 11.8 Å². The van der Waals surface area contributed by atoms with Gasteiger partial charge in [0, 0.05) is 11.3 Å². The van der Waals surface area contributed by atoms with Crippen LogP contribution < -0.4 is 10.6 Å². The Bertz CT molecular complexity index is 497. The van der Waals surface area contributed by atoms with Crippen LogP contribution in [0.4, 0.5) is 5.13 Å². The number of amides is 1. The van der Waals surface area contributed by atoms with Gasteiger partial charge in [0.2, 0.25) is 5.91 Å². The number of nitrogens with one attached hydrogen (secondary N) is 2. The Morgan fingerprint density at radius 1 is 1.37 bits per heavy atom. The molecule has 1 aromatic rings. The molecule has 3 aliphatic rings. The van der Waals surface area contributed by atoms with Crippen molar-refractivity contribution in [2.24, 2.45) is 11.8 Å². The predicted molar refractivity (Wildman–Crippen MR) is 75.3 cm³/mol. The molecule has 2 saturated carbocycles. The summed E-state index contributed by atoms with van der Waals surface area (Å²) in [4.78, 5) is 16.9. The molecule has 1 saturated heterocycles. The molecular weight excluding hydrogens is 258 g/mol. The molecule has 1 amide bonds. The van der Waals surface area contributed by atoms with Gasteiger partial charge in [-0.15, -0.1) is 11.3 Å². The van der Waals surface area contributed by atoms with Crippen molar-refractivity contribution in [1.82, 2.24) is 10.3 Å². The first-order chi connectivity index (χ1) is 9.31. The Kier molecular flexibility index (Phi) is 2.84. The van der Waals surface area contributed by atoms with E-state index in [1.54, 1.807) is 11.3 Å². The maximum Gasteiger partial charge on any atom is 0.243 e. The highest BCUT2D eigenvalue weighted by Crippen LogP contribution is 2.41. The third-order valence-electron chi connectivity index (χ3n) is 4.78. The largest absolute Gasteiger partial charge is 0.305 e. The quantitative estimate of drug-likeness (QED) is 0.891. The highest BCUT2D eigenvalue weighted by atomic mass is 32.1. The fourth-order valence-electron chi connectivity index (χ4n) is 3.57. The molecule has 2 N–H and O–H groups in total. The van der Waals surface area contributed by atoms with Gasteiger partial charge in [-0.1, -0.05) is 6.42 Å². The van der Waals surface area contributed by atoms with Crippen LogP contribution in [0.15, 0.2) is 5.38 Å². The fourth-order valence-corrected chi connectivity index (χ4v) is 4.36. The lowest BCUT2D eigenvalue weighted by atomic mass is 9.94. The van der Waals surface area contributed by atoms with E-state index in [4.69, 9.17) is 0 Å². The SMILES string of the molecule is O=C(Nc1nc(C2CC2)cs1)C1NCC2CCCC21. The van der Waals surface area contributed by atoms with Crippen molar-refractivity contribution >= 4 is 22.4 Å². The van der Waals surface area contributed by atoms with Gasteiger partial charge < -0.3 is 10.6 Å². The zero-order valence-corrected chi connectivity index (χ0v) is 11.7. The van der Waals surface area contributed by atoms with Crippen LogP contribution in [-0.4, -0.2) is 23.5 Å². The predicted octanol–water partition coefficient (Wildman–Crippen LogP) is 2.35. The average Bonchev–Trinajstić information content (AvgIpc) is 2.83. The molecule has 0 radical (unpaired) electrons. The molecule has 0 bridgehead atoms. The highest BCUT2D eigenvalue weighted by Gasteiger charge is 2.42. The standard InChI is InChI=1S/C14H19N3OS/c18-13(12-10-3-1-2-9(10)6-15-12)17-14-16-11(7-19-14)8-4-5-8/h7-10,12,15H,1-6H2,(H,16,17,18). The van der Waals surface area contributed by atoms with Crippen LogP contribution in [0.1, 0.15) is 43.7 Å². The normalized spacial score (nSPS) is 33.4. The van der Waals surface area contributed by atoms with Gasteiger partial charge in [0.25, 0.3) is 0 Å². The van der Waals surface area contributed by atoms with Gasteiger partial charge in [0.15, 0.2) is 5.13 Å². The van der Waals surface area contributed by atoms with Crippen LogP contribution in [0.5, 0.6) is 0 Å². The van der Waals surface area contributed by atoms with Crippen molar-refractivity contribution in [3.63, 3.8) is 0 Å². The van der Waals surface area contributed by atoms with Gasteiger partial charge in [0.1, 0.15) is 0 Å². The number of hydrogen-bond acceptors (Lipinski definition) is 4. The van der Waals surface area contributed by atoms with E-state index in [1.165, 1.54) is 37.8 Å². The molecular formula is C14H19N3OS. The van der Waals surface area contributed by atoms with E-state index in [1.807, 2.05) is 0 Å². The molecule has 5 heteroatoms. The van der Waals surface area contributed by atoms with Gasteiger partial charge in [0.05, 0.1) is 11.7 Å². The second-order valence-electron chi connectivity index (χ2n) is 6.08. The number of carbonyl (C=O) groups excluding carboxylic acids is 1. The second kappa shape index (κ2) is 4.56. The Labute approximate surface area is 117 Å². The summed E-state index contributed by atoms with van der Waals surface area (Å²) in [6.45, 7) is 1.01. The first-order valence-electron chi connectivity index (χ1n) is 7.31. The van der Waals surface area contributed by atoms with Gasteiger partial charge in [-0.05, 0) is 44.1 Å². The number of hydrogen-bond donors (Lipinski definition) is 2. The van der Waals surface area contributed by atoms with Crippen LogP contribution >= 0.6 is 11.3 Å². The first-order valence-corrected chi connectivity index (χ1v) is 8.19. The smallest absolute Gasteiger partial charge is 0.243 e. The molecule has 102 valence electrons. The minimum absolute atomic E-state index is 0.000718. The summed E-state index contributed by atoms with van der Waals surface area (Å²) in [7, 11) is 0. The summed E-state index contributed by atoms with van der Waals surface area (Å²) in [5.74, 6) is 2.04. The molecule has 3 atom stereocenters. The average molecular weight is 277 g/mol. The summed E-state index contributed by atoms with van der Waals surface area (Å²) in [5, 5.41) is 9.26. The summed E-state index contributed by atoms with van der Waals surface area (Å²) in [6.07, 6.45) is 6.27. The maximum absolute atomic E-state index is 12.3. The third kappa shape index (κ3) is 2.19. The van der Waals surface area contributed by atoms with E-state index in [0.717, 1.165) is 11.7 Å². The monoisotopic (exact) mass is 277 g/mol. The van der Waals surface area contributed by atoms with Gasteiger partial charge >= 0.3 is 0 Å². The number of nitrogens with zero attached hydrogens (tertiary/aromatic N) is 1. The minimum Gasteiger partial charge on any atom is -0.305 e. The zero-order chi connectivity index (χ0) is 12.8. The summed E-state index contributed by atoms with van der Waals surface area (Å²) in [6, 6.07) is 0.000718. The topological polar surface area (TPSA) is 54.0 Å². The number of thiazole rings is 1. The molecule has 3 fully saturated rings. The molecule has 3 unspecified atom stereocenters. The number of carbonyl (C=O) groups is 1. The fraction of sp³-hybridized carbons (Fsp3) is 0.714. The first kappa shape index (κ1) is 11.9. The summed E-state index contributed by atoms with van der Waals surface area (Å²) >= 11 is 1.56. The van der Waals surface area contributed by atoms with E-state index in [9.17, 15) is 4.79 Å². The van der Waals surface area contributed by atoms with Gasteiger partial charge in [-0.2, -0.15) is 0 Å². The van der Waals surface area contributed by atoms with Crippen LogP contribution in [-0.2, 0) is 4.79 Å². The van der Waals surface area contributed by atoms with Crippen molar-refractivity contribution < 1.29 is 4.79 Å². The second-order valence-corrected chi connectivity index (χ2v) is 6.94. The molecule has 4 rings (SSSR count). The van der Waals surface area contributed by atoms with Crippen molar-refractivity contribution in [1.29, 1.82) is 0 Å². The van der Waals surface area contributed by atoms with Crippen molar-refractivity contribution in [2.45, 2.75) is 44.1 Å². The summed E-state index contributed by atoms with van der Waals surface area (Å²) in [5.41, 5.74) is 1.17. The molecule has 1 aliphatic heterocycles. The lowest BCUT2D eigenvalue weighted by molar-refractivity contribution is -0.118. The summed E-state index contributed by atoms with van der Waals surface area (Å²) < 4.78 is 0. The maximum atomic E-state index is 12.3. The van der Waals surface area contributed by atoms with E-state index in [-0.39, 0.29) is 11.9 Å². The molecule has 2 heterocycles. The molecule has 0 aromatic carbocycles. The van der Waals surface area contributed by atoms with Crippen LogP contribution in [0.2, 0.25) is 0 Å².